The molecule has 1 aliphatic carbocycles. The Hall–Kier alpha value is -2.89. The summed E-state index contributed by atoms with van der Waals surface area (Å²) >= 11 is 1.54. The fourth-order valence-corrected chi connectivity index (χ4v) is 4.08. The molecule has 0 amide bonds. The van der Waals surface area contributed by atoms with Gasteiger partial charge in [-0.1, -0.05) is 29.8 Å². The Bertz CT molecular complexity index is 892. The lowest BCUT2D eigenvalue weighted by atomic mass is 9.99. The van der Waals surface area contributed by atoms with Gasteiger partial charge in [-0.3, -0.25) is 4.79 Å². The first-order valence-electron chi connectivity index (χ1n) is 7.67. The van der Waals surface area contributed by atoms with E-state index in [2.05, 4.69) is 5.32 Å². The molecule has 118 valence electrons. The maximum atomic E-state index is 13.0. The highest BCUT2D eigenvalue weighted by Crippen LogP contribution is 2.40. The molecule has 3 rings (SSSR count). The molecular formula is C19H15N3OS. The maximum absolute atomic E-state index is 13.0. The van der Waals surface area contributed by atoms with E-state index in [4.69, 9.17) is 10.5 Å². The summed E-state index contributed by atoms with van der Waals surface area (Å²) in [6.07, 6.45) is 4.30. The Labute approximate surface area is 144 Å². The predicted molar refractivity (Wildman–Crippen MR) is 93.9 cm³/mol. The number of hydrogen-bond acceptors (Lipinski definition) is 5. The Morgan fingerprint density at radius 2 is 1.92 bits per heavy atom. The average molecular weight is 333 g/mol. The van der Waals surface area contributed by atoms with Crippen molar-refractivity contribution in [2.45, 2.75) is 26.2 Å². The van der Waals surface area contributed by atoms with Crippen molar-refractivity contribution in [3.8, 4) is 12.1 Å². The predicted octanol–water partition coefficient (Wildman–Crippen LogP) is 4.12. The van der Waals surface area contributed by atoms with Gasteiger partial charge in [0.05, 0.1) is 5.56 Å². The van der Waals surface area contributed by atoms with Crippen LogP contribution >= 0.6 is 11.3 Å². The van der Waals surface area contributed by atoms with E-state index in [0.29, 0.717) is 16.1 Å². The van der Waals surface area contributed by atoms with E-state index >= 15 is 0 Å². The zero-order valence-corrected chi connectivity index (χ0v) is 14.0. The molecule has 1 heterocycles. The second-order valence-corrected chi connectivity index (χ2v) is 6.79. The number of fused-ring (bicyclic) bond motifs is 1. The number of aryl methyl sites for hydroxylation is 2. The summed E-state index contributed by atoms with van der Waals surface area (Å²) in [5, 5.41) is 21.4. The number of benzene rings is 1. The van der Waals surface area contributed by atoms with Gasteiger partial charge < -0.3 is 5.32 Å². The molecule has 0 spiro atoms. The number of nitrogens with zero attached hydrogens (tertiary/aromatic N) is 2. The number of rotatable bonds is 4. The highest BCUT2D eigenvalue weighted by atomic mass is 32.1. The van der Waals surface area contributed by atoms with Crippen LogP contribution in [0.2, 0.25) is 0 Å². The van der Waals surface area contributed by atoms with Crippen molar-refractivity contribution in [1.82, 2.24) is 0 Å². The maximum Gasteiger partial charge on any atom is 0.196 e. The molecule has 2 aromatic rings. The quantitative estimate of drug-likeness (QED) is 0.674. The minimum atomic E-state index is -0.0164. The lowest BCUT2D eigenvalue weighted by molar-refractivity contribution is 0.103. The molecule has 5 heteroatoms. The standard InChI is InChI=1S/C19H15N3OS/c1-12-5-7-14(8-6-12)18(23)17-15-3-2-4-16(15)24-19(17)22-11-13(9-20)10-21/h5-8,11,22H,2-4H2,1H3. The molecule has 0 saturated carbocycles. The minimum absolute atomic E-state index is 0.0132. The Morgan fingerprint density at radius 1 is 1.21 bits per heavy atom. The van der Waals surface area contributed by atoms with Crippen LogP contribution in [0.4, 0.5) is 5.00 Å². The van der Waals surface area contributed by atoms with E-state index in [1.54, 1.807) is 11.3 Å². The number of ketones is 1. The molecule has 0 unspecified atom stereocenters. The normalized spacial score (nSPS) is 12.0. The summed E-state index contributed by atoms with van der Waals surface area (Å²) < 4.78 is 0. The van der Waals surface area contributed by atoms with Crippen molar-refractivity contribution in [2.24, 2.45) is 0 Å². The van der Waals surface area contributed by atoms with Crippen molar-refractivity contribution >= 4 is 22.1 Å². The number of hydrogen-bond donors (Lipinski definition) is 1. The molecule has 0 fully saturated rings. The molecule has 0 atom stereocenters. The van der Waals surface area contributed by atoms with Crippen LogP contribution in [0.1, 0.15) is 38.3 Å². The summed E-state index contributed by atoms with van der Waals surface area (Å²) in [6, 6.07) is 11.2. The topological polar surface area (TPSA) is 76.7 Å². The first-order chi connectivity index (χ1) is 11.6. The van der Waals surface area contributed by atoms with Gasteiger partial charge in [-0.05, 0) is 31.7 Å². The molecule has 1 aliphatic rings. The number of thiophene rings is 1. The molecule has 4 nitrogen and oxygen atoms in total. The molecule has 24 heavy (non-hydrogen) atoms. The van der Waals surface area contributed by atoms with Crippen LogP contribution in [0.15, 0.2) is 36.0 Å². The van der Waals surface area contributed by atoms with Crippen LogP contribution in [0.5, 0.6) is 0 Å². The lowest BCUT2D eigenvalue weighted by Crippen LogP contribution is -2.06. The van der Waals surface area contributed by atoms with Crippen molar-refractivity contribution in [1.29, 1.82) is 10.5 Å². The van der Waals surface area contributed by atoms with E-state index in [1.165, 1.54) is 11.1 Å². The molecular weight excluding hydrogens is 318 g/mol. The number of anilines is 1. The minimum Gasteiger partial charge on any atom is -0.351 e. The average Bonchev–Trinajstić information content (AvgIpc) is 3.16. The summed E-state index contributed by atoms with van der Waals surface area (Å²) in [4.78, 5) is 14.2. The van der Waals surface area contributed by atoms with E-state index in [-0.39, 0.29) is 11.4 Å². The molecule has 0 bridgehead atoms. The third-order valence-corrected chi connectivity index (χ3v) is 5.27. The van der Waals surface area contributed by atoms with Crippen LogP contribution in [0.25, 0.3) is 0 Å². The summed E-state index contributed by atoms with van der Waals surface area (Å²) in [5.74, 6) is -0.0132. The van der Waals surface area contributed by atoms with E-state index in [1.807, 2.05) is 43.3 Å². The van der Waals surface area contributed by atoms with Gasteiger partial charge in [0.1, 0.15) is 22.7 Å². The van der Waals surface area contributed by atoms with E-state index in [9.17, 15) is 4.79 Å². The zero-order chi connectivity index (χ0) is 17.1. The van der Waals surface area contributed by atoms with E-state index < -0.39 is 0 Å². The van der Waals surface area contributed by atoms with E-state index in [0.717, 1.165) is 30.4 Å². The first-order valence-corrected chi connectivity index (χ1v) is 8.48. The highest BCUT2D eigenvalue weighted by molar-refractivity contribution is 7.16. The van der Waals surface area contributed by atoms with Gasteiger partial charge in [0.25, 0.3) is 0 Å². The second-order valence-electron chi connectivity index (χ2n) is 5.68. The van der Waals surface area contributed by atoms with Gasteiger partial charge in [-0.2, -0.15) is 10.5 Å². The largest absolute Gasteiger partial charge is 0.351 e. The third-order valence-electron chi connectivity index (χ3n) is 4.05. The SMILES string of the molecule is Cc1ccc(C(=O)c2c(NC=C(C#N)C#N)sc3c2CCC3)cc1. The number of nitriles is 2. The third kappa shape index (κ3) is 2.95. The molecule has 0 radical (unpaired) electrons. The highest BCUT2D eigenvalue weighted by Gasteiger charge is 2.27. The number of carbonyl (C=O) groups is 1. The Balaban J connectivity index is 2.02. The lowest BCUT2D eigenvalue weighted by Gasteiger charge is -2.06. The fraction of sp³-hybridized carbons (Fsp3) is 0.211. The van der Waals surface area contributed by atoms with Gasteiger partial charge in [0, 0.05) is 16.6 Å². The molecule has 1 aromatic heterocycles. The van der Waals surface area contributed by atoms with Gasteiger partial charge in [-0.15, -0.1) is 11.3 Å². The van der Waals surface area contributed by atoms with Crippen LogP contribution in [-0.2, 0) is 12.8 Å². The molecule has 0 saturated heterocycles. The molecule has 1 aromatic carbocycles. The van der Waals surface area contributed by atoms with Crippen LogP contribution < -0.4 is 5.32 Å². The van der Waals surface area contributed by atoms with Crippen molar-refractivity contribution < 1.29 is 4.79 Å². The van der Waals surface area contributed by atoms with Gasteiger partial charge in [0.15, 0.2) is 5.78 Å². The second kappa shape index (κ2) is 6.70. The zero-order valence-electron chi connectivity index (χ0n) is 13.2. The fourth-order valence-electron chi connectivity index (χ4n) is 2.82. The van der Waals surface area contributed by atoms with Crippen molar-refractivity contribution in [3.63, 3.8) is 0 Å². The summed E-state index contributed by atoms with van der Waals surface area (Å²) in [6.45, 7) is 1.99. The Kier molecular flexibility index (Phi) is 4.46. The van der Waals surface area contributed by atoms with Crippen molar-refractivity contribution in [2.75, 3.05) is 5.32 Å². The summed E-state index contributed by atoms with van der Waals surface area (Å²) in [5.41, 5.74) is 3.54. The van der Waals surface area contributed by atoms with Gasteiger partial charge >= 0.3 is 0 Å². The van der Waals surface area contributed by atoms with Crippen molar-refractivity contribution in [3.05, 3.63) is 63.2 Å². The van der Waals surface area contributed by atoms with Crippen LogP contribution in [-0.4, -0.2) is 5.78 Å². The van der Waals surface area contributed by atoms with Gasteiger partial charge in [-0.25, -0.2) is 0 Å². The monoisotopic (exact) mass is 333 g/mol. The number of nitrogens with one attached hydrogen (secondary N) is 1. The van der Waals surface area contributed by atoms with Crippen LogP contribution in [0.3, 0.4) is 0 Å². The van der Waals surface area contributed by atoms with Crippen LogP contribution in [0, 0.1) is 29.6 Å². The molecule has 0 aliphatic heterocycles. The van der Waals surface area contributed by atoms with Gasteiger partial charge in [0.2, 0.25) is 0 Å². The summed E-state index contributed by atoms with van der Waals surface area (Å²) in [7, 11) is 0. The number of carbonyl (C=O) groups excluding carboxylic acids is 1. The Morgan fingerprint density at radius 3 is 2.58 bits per heavy atom. The smallest absolute Gasteiger partial charge is 0.196 e. The first kappa shape index (κ1) is 16.0. The number of allylic oxidation sites excluding steroid dienone is 1. The molecule has 1 N–H and O–H groups in total.